The van der Waals surface area contributed by atoms with Gasteiger partial charge in [0.1, 0.15) is 5.72 Å². The fourth-order valence-corrected chi connectivity index (χ4v) is 2.97. The summed E-state index contributed by atoms with van der Waals surface area (Å²) in [4.78, 5) is 0. The van der Waals surface area contributed by atoms with Crippen LogP contribution >= 0.6 is 0 Å². The maximum Gasteiger partial charge on any atom is 0.114 e. The van der Waals surface area contributed by atoms with Crippen molar-refractivity contribution in [1.29, 1.82) is 0 Å². The van der Waals surface area contributed by atoms with E-state index in [0.29, 0.717) is 11.8 Å². The topological polar surface area (TPSA) is 46.2 Å². The van der Waals surface area contributed by atoms with Crippen LogP contribution in [0.4, 0.5) is 0 Å². The van der Waals surface area contributed by atoms with Crippen LogP contribution in [-0.2, 0) is 0 Å². The van der Waals surface area contributed by atoms with Gasteiger partial charge in [0.25, 0.3) is 0 Å². The Balaban J connectivity index is 4.24. The summed E-state index contributed by atoms with van der Waals surface area (Å²) >= 11 is 0. The SMILES string of the molecule is CCCCC(CC)CC(N)(O)CC(CC)CCCC. The maximum atomic E-state index is 10.5. The lowest BCUT2D eigenvalue weighted by atomic mass is 9.83. The Labute approximate surface area is 121 Å². The molecule has 0 aliphatic heterocycles. The molecular formula is C17H37NO. The van der Waals surface area contributed by atoms with E-state index in [-0.39, 0.29) is 0 Å². The van der Waals surface area contributed by atoms with Gasteiger partial charge in [-0.2, -0.15) is 0 Å². The average molecular weight is 271 g/mol. The highest BCUT2D eigenvalue weighted by atomic mass is 16.3. The Morgan fingerprint density at radius 3 is 1.47 bits per heavy atom. The zero-order valence-corrected chi connectivity index (χ0v) is 13.8. The number of nitrogens with two attached hydrogens (primary N) is 1. The van der Waals surface area contributed by atoms with E-state index < -0.39 is 5.72 Å². The molecule has 19 heavy (non-hydrogen) atoms. The molecule has 0 aliphatic carbocycles. The van der Waals surface area contributed by atoms with Crippen molar-refractivity contribution in [2.24, 2.45) is 17.6 Å². The minimum atomic E-state index is -0.956. The summed E-state index contributed by atoms with van der Waals surface area (Å²) in [5.74, 6) is 1.16. The number of rotatable bonds is 12. The quantitative estimate of drug-likeness (QED) is 0.499. The molecule has 2 nitrogen and oxygen atoms in total. The molecule has 0 aromatic carbocycles. The first-order chi connectivity index (χ1) is 8.99. The van der Waals surface area contributed by atoms with Gasteiger partial charge in [-0.3, -0.25) is 0 Å². The summed E-state index contributed by atoms with van der Waals surface area (Å²) in [5.41, 5.74) is 5.21. The number of aliphatic hydroxyl groups is 1. The largest absolute Gasteiger partial charge is 0.376 e. The molecular weight excluding hydrogens is 234 g/mol. The van der Waals surface area contributed by atoms with Crippen LogP contribution in [-0.4, -0.2) is 10.8 Å². The fraction of sp³-hybridized carbons (Fsp3) is 1.00. The third kappa shape index (κ3) is 9.45. The van der Waals surface area contributed by atoms with Crippen LogP contribution < -0.4 is 5.73 Å². The van der Waals surface area contributed by atoms with Crippen LogP contribution in [0.1, 0.15) is 91.9 Å². The summed E-state index contributed by atoms with van der Waals surface area (Å²) in [6.07, 6.45) is 11.2. The smallest absolute Gasteiger partial charge is 0.114 e. The Hall–Kier alpha value is -0.0800. The van der Waals surface area contributed by atoms with Crippen molar-refractivity contribution in [1.82, 2.24) is 0 Å². The van der Waals surface area contributed by atoms with Gasteiger partial charge in [-0.25, -0.2) is 0 Å². The van der Waals surface area contributed by atoms with Gasteiger partial charge in [-0.15, -0.1) is 0 Å². The highest BCUT2D eigenvalue weighted by molar-refractivity contribution is 4.78. The van der Waals surface area contributed by atoms with E-state index in [1.165, 1.54) is 38.5 Å². The first kappa shape index (κ1) is 18.9. The normalized spacial score (nSPS) is 18.0. The molecule has 2 atom stereocenters. The Kier molecular flexibility index (Phi) is 10.6. The van der Waals surface area contributed by atoms with Gasteiger partial charge < -0.3 is 10.8 Å². The highest BCUT2D eigenvalue weighted by Crippen LogP contribution is 2.28. The van der Waals surface area contributed by atoms with Gasteiger partial charge in [-0.1, -0.05) is 79.1 Å². The Bertz CT molecular complexity index is 183. The van der Waals surface area contributed by atoms with E-state index in [9.17, 15) is 5.11 Å². The molecule has 2 heteroatoms. The molecule has 0 amide bonds. The molecule has 0 fully saturated rings. The highest BCUT2D eigenvalue weighted by Gasteiger charge is 2.27. The zero-order chi connectivity index (χ0) is 14.7. The van der Waals surface area contributed by atoms with Crippen molar-refractivity contribution < 1.29 is 5.11 Å². The van der Waals surface area contributed by atoms with Crippen molar-refractivity contribution >= 4 is 0 Å². The van der Waals surface area contributed by atoms with Gasteiger partial charge >= 0.3 is 0 Å². The van der Waals surface area contributed by atoms with Crippen LogP contribution in [0.5, 0.6) is 0 Å². The lowest BCUT2D eigenvalue weighted by molar-refractivity contribution is -0.00531. The molecule has 0 saturated heterocycles. The van der Waals surface area contributed by atoms with Gasteiger partial charge in [0.2, 0.25) is 0 Å². The Morgan fingerprint density at radius 1 is 0.842 bits per heavy atom. The molecule has 0 bridgehead atoms. The summed E-state index contributed by atoms with van der Waals surface area (Å²) < 4.78 is 0. The van der Waals surface area contributed by atoms with Crippen molar-refractivity contribution in [3.05, 3.63) is 0 Å². The predicted molar refractivity (Wildman–Crippen MR) is 85.0 cm³/mol. The van der Waals surface area contributed by atoms with E-state index in [0.717, 1.165) is 25.7 Å². The van der Waals surface area contributed by atoms with Crippen molar-refractivity contribution in [3.63, 3.8) is 0 Å². The second-order valence-corrected chi connectivity index (χ2v) is 6.34. The summed E-state index contributed by atoms with van der Waals surface area (Å²) in [6, 6.07) is 0. The minimum Gasteiger partial charge on any atom is -0.376 e. The molecule has 0 spiro atoms. The van der Waals surface area contributed by atoms with Crippen LogP contribution in [0.15, 0.2) is 0 Å². The second-order valence-electron chi connectivity index (χ2n) is 6.34. The third-order valence-corrected chi connectivity index (χ3v) is 4.37. The van der Waals surface area contributed by atoms with Crippen LogP contribution in [0, 0.1) is 11.8 Å². The van der Waals surface area contributed by atoms with Gasteiger partial charge in [0, 0.05) is 0 Å². The van der Waals surface area contributed by atoms with Gasteiger partial charge in [0.05, 0.1) is 0 Å². The lowest BCUT2D eigenvalue weighted by Gasteiger charge is -2.31. The monoisotopic (exact) mass is 271 g/mol. The van der Waals surface area contributed by atoms with E-state index in [1.807, 2.05) is 0 Å². The third-order valence-electron chi connectivity index (χ3n) is 4.37. The fourth-order valence-electron chi connectivity index (χ4n) is 2.97. The molecule has 0 rings (SSSR count). The number of hydrogen-bond acceptors (Lipinski definition) is 2. The molecule has 2 unspecified atom stereocenters. The van der Waals surface area contributed by atoms with Crippen LogP contribution in [0.2, 0.25) is 0 Å². The zero-order valence-electron chi connectivity index (χ0n) is 13.8. The van der Waals surface area contributed by atoms with E-state index >= 15 is 0 Å². The molecule has 0 saturated carbocycles. The molecule has 0 aliphatic rings. The Morgan fingerprint density at radius 2 is 1.21 bits per heavy atom. The summed E-state index contributed by atoms with van der Waals surface area (Å²) in [6.45, 7) is 8.87. The van der Waals surface area contributed by atoms with Gasteiger partial charge in [0.15, 0.2) is 0 Å². The summed E-state index contributed by atoms with van der Waals surface area (Å²) in [5, 5.41) is 10.5. The molecule has 0 aromatic rings. The first-order valence-electron chi connectivity index (χ1n) is 8.50. The minimum absolute atomic E-state index is 0.582. The lowest BCUT2D eigenvalue weighted by Crippen LogP contribution is -2.43. The van der Waals surface area contributed by atoms with Crippen LogP contribution in [0.3, 0.4) is 0 Å². The summed E-state index contributed by atoms with van der Waals surface area (Å²) in [7, 11) is 0. The molecule has 0 heterocycles. The molecule has 3 N–H and O–H groups in total. The second kappa shape index (κ2) is 10.7. The van der Waals surface area contributed by atoms with Crippen molar-refractivity contribution in [3.8, 4) is 0 Å². The van der Waals surface area contributed by atoms with Crippen LogP contribution in [0.25, 0.3) is 0 Å². The standard InChI is InChI=1S/C17H37NO/c1-5-9-11-15(7-3)13-17(18,19)14-16(8-4)12-10-6-2/h15-16,19H,5-14,18H2,1-4H3. The van der Waals surface area contributed by atoms with Gasteiger partial charge in [-0.05, 0) is 24.7 Å². The average Bonchev–Trinajstić information content (AvgIpc) is 2.39. The predicted octanol–water partition coefficient (Wildman–Crippen LogP) is 4.85. The van der Waals surface area contributed by atoms with Crippen molar-refractivity contribution in [2.45, 2.75) is 97.6 Å². The molecule has 0 aromatic heterocycles. The van der Waals surface area contributed by atoms with E-state index in [2.05, 4.69) is 27.7 Å². The van der Waals surface area contributed by atoms with Crippen molar-refractivity contribution in [2.75, 3.05) is 0 Å². The van der Waals surface area contributed by atoms with E-state index in [1.54, 1.807) is 0 Å². The van der Waals surface area contributed by atoms with E-state index in [4.69, 9.17) is 5.73 Å². The maximum absolute atomic E-state index is 10.5. The molecule has 0 radical (unpaired) electrons. The number of hydrogen-bond donors (Lipinski definition) is 2. The number of unbranched alkanes of at least 4 members (excludes halogenated alkanes) is 2. The molecule has 116 valence electrons. The first-order valence-corrected chi connectivity index (χ1v) is 8.50.